The van der Waals surface area contributed by atoms with E-state index in [1.54, 1.807) is 7.05 Å². The summed E-state index contributed by atoms with van der Waals surface area (Å²) in [5.41, 5.74) is 1.32. The molecular formula is C13H19NO2S. The van der Waals surface area contributed by atoms with Gasteiger partial charge in [-0.1, -0.05) is 30.3 Å². The molecule has 0 amide bonds. The van der Waals surface area contributed by atoms with Crippen molar-refractivity contribution in [2.45, 2.75) is 18.2 Å². The second-order valence-corrected chi connectivity index (χ2v) is 4.80. The van der Waals surface area contributed by atoms with Crippen LogP contribution in [-0.2, 0) is 15.3 Å². The van der Waals surface area contributed by atoms with Crippen molar-refractivity contribution in [2.75, 3.05) is 19.9 Å². The van der Waals surface area contributed by atoms with Gasteiger partial charge in [-0.05, 0) is 24.8 Å². The molecule has 0 saturated carbocycles. The fourth-order valence-electron chi connectivity index (χ4n) is 1.49. The summed E-state index contributed by atoms with van der Waals surface area (Å²) >= 11 is 1.83. The van der Waals surface area contributed by atoms with Gasteiger partial charge >= 0.3 is 5.97 Å². The Bertz CT molecular complexity index is 329. The van der Waals surface area contributed by atoms with Gasteiger partial charge in [0, 0.05) is 5.75 Å². The quantitative estimate of drug-likeness (QED) is 0.596. The Morgan fingerprint density at radius 2 is 2.12 bits per heavy atom. The highest BCUT2D eigenvalue weighted by Crippen LogP contribution is 2.13. The van der Waals surface area contributed by atoms with Crippen LogP contribution in [0.1, 0.15) is 12.0 Å². The Morgan fingerprint density at radius 1 is 1.41 bits per heavy atom. The molecule has 0 fully saturated rings. The Hall–Kier alpha value is -1.00. The summed E-state index contributed by atoms with van der Waals surface area (Å²) in [6.07, 6.45) is 0.792. The second kappa shape index (κ2) is 8.14. The van der Waals surface area contributed by atoms with Gasteiger partial charge in [-0.15, -0.1) is 0 Å². The summed E-state index contributed by atoms with van der Waals surface area (Å²) < 4.78 is 4.71. The third kappa shape index (κ3) is 5.24. The summed E-state index contributed by atoms with van der Waals surface area (Å²) in [5, 5.41) is 2.96. The van der Waals surface area contributed by atoms with Gasteiger partial charge in [0.2, 0.25) is 0 Å². The van der Waals surface area contributed by atoms with E-state index in [4.69, 9.17) is 4.74 Å². The Kier molecular flexibility index (Phi) is 6.74. The van der Waals surface area contributed by atoms with Gasteiger partial charge < -0.3 is 10.1 Å². The van der Waals surface area contributed by atoms with Crippen LogP contribution in [0, 0.1) is 0 Å². The van der Waals surface area contributed by atoms with Crippen LogP contribution in [0.4, 0.5) is 0 Å². The number of likely N-dealkylation sites (N-methyl/N-ethyl adjacent to an activating group) is 1. The summed E-state index contributed by atoms with van der Waals surface area (Å²) in [5.74, 6) is 1.74. The van der Waals surface area contributed by atoms with Crippen LogP contribution in [0.2, 0.25) is 0 Å². The predicted molar refractivity (Wildman–Crippen MR) is 72.1 cm³/mol. The molecule has 4 heteroatoms. The fourth-order valence-corrected chi connectivity index (χ4v) is 2.46. The van der Waals surface area contributed by atoms with E-state index in [1.165, 1.54) is 12.7 Å². The molecule has 0 saturated heterocycles. The van der Waals surface area contributed by atoms with Crippen molar-refractivity contribution in [2.24, 2.45) is 0 Å². The molecule has 0 aromatic heterocycles. The van der Waals surface area contributed by atoms with Gasteiger partial charge in [0.15, 0.2) is 0 Å². The molecular weight excluding hydrogens is 234 g/mol. The van der Waals surface area contributed by atoms with Gasteiger partial charge in [-0.2, -0.15) is 11.8 Å². The third-order valence-electron chi connectivity index (χ3n) is 2.50. The SMILES string of the molecule is CNC(CCSCc1ccccc1)C(=O)OC. The number of carbonyl (C=O) groups is 1. The Morgan fingerprint density at radius 3 is 2.71 bits per heavy atom. The van der Waals surface area contributed by atoms with Gasteiger partial charge in [0.05, 0.1) is 7.11 Å². The largest absolute Gasteiger partial charge is 0.468 e. The minimum absolute atomic E-state index is 0.187. The first-order valence-corrected chi connectivity index (χ1v) is 6.80. The normalized spacial score (nSPS) is 12.1. The lowest BCUT2D eigenvalue weighted by Crippen LogP contribution is -2.35. The van der Waals surface area contributed by atoms with Crippen molar-refractivity contribution in [1.29, 1.82) is 0 Å². The third-order valence-corrected chi connectivity index (χ3v) is 3.56. The zero-order valence-electron chi connectivity index (χ0n) is 10.3. The van der Waals surface area contributed by atoms with Gasteiger partial charge in [0.25, 0.3) is 0 Å². The molecule has 0 aliphatic rings. The van der Waals surface area contributed by atoms with Crippen molar-refractivity contribution < 1.29 is 9.53 Å². The minimum Gasteiger partial charge on any atom is -0.468 e. The van der Waals surface area contributed by atoms with E-state index < -0.39 is 0 Å². The fraction of sp³-hybridized carbons (Fsp3) is 0.462. The van der Waals surface area contributed by atoms with Crippen molar-refractivity contribution in [1.82, 2.24) is 5.32 Å². The van der Waals surface area contributed by atoms with Crippen LogP contribution in [0.3, 0.4) is 0 Å². The molecule has 1 unspecified atom stereocenters. The maximum atomic E-state index is 11.3. The van der Waals surface area contributed by atoms with E-state index in [2.05, 4.69) is 17.4 Å². The van der Waals surface area contributed by atoms with E-state index in [0.29, 0.717) is 0 Å². The molecule has 0 aliphatic carbocycles. The Labute approximate surface area is 107 Å². The van der Waals surface area contributed by atoms with Crippen molar-refractivity contribution in [3.8, 4) is 0 Å². The molecule has 0 heterocycles. The Balaban J connectivity index is 2.21. The van der Waals surface area contributed by atoms with E-state index in [0.717, 1.165) is 17.9 Å². The molecule has 17 heavy (non-hydrogen) atoms. The maximum absolute atomic E-state index is 11.3. The highest BCUT2D eigenvalue weighted by Gasteiger charge is 2.15. The topological polar surface area (TPSA) is 38.3 Å². The average molecular weight is 253 g/mol. The van der Waals surface area contributed by atoms with Crippen molar-refractivity contribution in [3.63, 3.8) is 0 Å². The van der Waals surface area contributed by atoms with E-state index in [-0.39, 0.29) is 12.0 Å². The maximum Gasteiger partial charge on any atom is 0.322 e. The molecule has 0 bridgehead atoms. The van der Waals surface area contributed by atoms with E-state index in [9.17, 15) is 4.79 Å². The van der Waals surface area contributed by atoms with Gasteiger partial charge in [-0.25, -0.2) is 0 Å². The highest BCUT2D eigenvalue weighted by atomic mass is 32.2. The van der Waals surface area contributed by atoms with Crippen LogP contribution < -0.4 is 5.32 Å². The molecule has 3 nitrogen and oxygen atoms in total. The van der Waals surface area contributed by atoms with Crippen LogP contribution in [-0.4, -0.2) is 31.9 Å². The number of benzene rings is 1. The summed E-state index contributed by atoms with van der Waals surface area (Å²) in [4.78, 5) is 11.3. The number of ether oxygens (including phenoxy) is 1. The zero-order chi connectivity index (χ0) is 12.5. The first-order chi connectivity index (χ1) is 8.27. The number of carbonyl (C=O) groups excluding carboxylic acids is 1. The number of nitrogens with one attached hydrogen (secondary N) is 1. The monoisotopic (exact) mass is 253 g/mol. The number of methoxy groups -OCH3 is 1. The highest BCUT2D eigenvalue weighted by molar-refractivity contribution is 7.98. The molecule has 1 aromatic carbocycles. The van der Waals surface area contributed by atoms with Crippen LogP contribution in [0.5, 0.6) is 0 Å². The van der Waals surface area contributed by atoms with Gasteiger partial charge in [-0.3, -0.25) is 4.79 Å². The second-order valence-electron chi connectivity index (χ2n) is 3.69. The molecule has 1 atom stereocenters. The molecule has 1 N–H and O–H groups in total. The molecule has 0 aliphatic heterocycles. The lowest BCUT2D eigenvalue weighted by molar-refractivity contribution is -0.143. The molecule has 0 radical (unpaired) electrons. The smallest absolute Gasteiger partial charge is 0.322 e. The molecule has 94 valence electrons. The average Bonchev–Trinajstić information content (AvgIpc) is 2.39. The molecule has 1 rings (SSSR count). The summed E-state index contributed by atoms with van der Waals surface area (Å²) in [6, 6.07) is 10.1. The number of hydrogen-bond acceptors (Lipinski definition) is 4. The summed E-state index contributed by atoms with van der Waals surface area (Å²) in [7, 11) is 3.20. The van der Waals surface area contributed by atoms with Crippen LogP contribution >= 0.6 is 11.8 Å². The van der Waals surface area contributed by atoms with Crippen molar-refractivity contribution in [3.05, 3.63) is 35.9 Å². The number of rotatable bonds is 7. The number of thioether (sulfide) groups is 1. The standard InChI is InChI=1S/C13H19NO2S/c1-14-12(13(15)16-2)8-9-17-10-11-6-4-3-5-7-11/h3-7,12,14H,8-10H2,1-2H3. The zero-order valence-corrected chi connectivity index (χ0v) is 11.1. The lowest BCUT2D eigenvalue weighted by Gasteiger charge is -2.12. The first kappa shape index (κ1) is 14.1. The first-order valence-electron chi connectivity index (χ1n) is 5.64. The molecule has 0 spiro atoms. The van der Waals surface area contributed by atoms with Gasteiger partial charge in [0.1, 0.15) is 6.04 Å². The van der Waals surface area contributed by atoms with E-state index >= 15 is 0 Å². The van der Waals surface area contributed by atoms with Crippen molar-refractivity contribution >= 4 is 17.7 Å². The predicted octanol–water partition coefficient (Wildman–Crippen LogP) is 2.07. The minimum atomic E-state index is -0.191. The van der Waals surface area contributed by atoms with Crippen LogP contribution in [0.25, 0.3) is 0 Å². The lowest BCUT2D eigenvalue weighted by atomic mass is 10.2. The van der Waals surface area contributed by atoms with E-state index in [1.807, 2.05) is 30.0 Å². The van der Waals surface area contributed by atoms with Crippen LogP contribution in [0.15, 0.2) is 30.3 Å². The number of hydrogen-bond donors (Lipinski definition) is 1. The molecule has 1 aromatic rings. The number of esters is 1. The summed E-state index contributed by atoms with van der Waals surface area (Å²) in [6.45, 7) is 0.